The summed E-state index contributed by atoms with van der Waals surface area (Å²) in [5.41, 5.74) is -0.360. The highest BCUT2D eigenvalue weighted by Crippen LogP contribution is 2.64. The van der Waals surface area contributed by atoms with Crippen molar-refractivity contribution >= 4 is 11.7 Å². The number of nitrogens with one attached hydrogen (secondary N) is 1. The molecule has 4 aliphatic carbocycles. The number of rotatable bonds is 4. The minimum atomic E-state index is -0.644. The van der Waals surface area contributed by atoms with Crippen LogP contribution < -0.4 is 5.32 Å². The molecular weight excluding hydrogens is 416 g/mol. The molecule has 0 aliphatic heterocycles. The van der Waals surface area contributed by atoms with Gasteiger partial charge in [-0.25, -0.2) is 9.97 Å². The molecule has 0 spiro atoms. The van der Waals surface area contributed by atoms with Crippen LogP contribution in [0.15, 0.2) is 12.4 Å². The van der Waals surface area contributed by atoms with Crippen LogP contribution in [0.3, 0.4) is 0 Å². The van der Waals surface area contributed by atoms with E-state index in [2.05, 4.69) is 22.2 Å². The van der Waals surface area contributed by atoms with E-state index in [1.54, 1.807) is 13.2 Å². The predicted octanol–water partition coefficient (Wildman–Crippen LogP) is 3.93. The Morgan fingerprint density at radius 1 is 1.18 bits per heavy atom. The van der Waals surface area contributed by atoms with E-state index in [4.69, 9.17) is 10.00 Å². The van der Waals surface area contributed by atoms with Gasteiger partial charge in [0.05, 0.1) is 12.2 Å². The second-order valence-corrected chi connectivity index (χ2v) is 11.4. The summed E-state index contributed by atoms with van der Waals surface area (Å²) in [5.74, 6) is 3.78. The number of anilines is 1. The Labute approximate surface area is 196 Å². The monoisotopic (exact) mass is 452 g/mol. The van der Waals surface area contributed by atoms with Gasteiger partial charge in [0.15, 0.2) is 0 Å². The van der Waals surface area contributed by atoms with Crippen molar-refractivity contribution in [3.63, 3.8) is 0 Å². The number of aromatic nitrogens is 2. The fourth-order valence-electron chi connectivity index (χ4n) is 8.49. The molecule has 7 heteroatoms. The topological polar surface area (TPSA) is 108 Å². The Hall–Kier alpha value is -2.04. The molecule has 0 saturated heterocycles. The number of nitrogens with zero attached hydrogens (tertiary/aromatic N) is 3. The van der Waals surface area contributed by atoms with Crippen LogP contribution in [0.1, 0.15) is 70.4 Å². The minimum absolute atomic E-state index is 0.0141. The number of ether oxygens (including phenoxy) is 1. The van der Waals surface area contributed by atoms with Crippen LogP contribution >= 0.6 is 0 Å². The number of carbonyl (C=O) groups excluding carboxylic acids is 1. The Balaban J connectivity index is 1.28. The van der Waals surface area contributed by atoms with Gasteiger partial charge in [-0.2, -0.15) is 5.26 Å². The molecule has 0 radical (unpaired) electrons. The lowest BCUT2D eigenvalue weighted by molar-refractivity contribution is -0.134. The summed E-state index contributed by atoms with van der Waals surface area (Å²) >= 11 is 0. The van der Waals surface area contributed by atoms with Crippen molar-refractivity contribution in [1.29, 1.82) is 5.26 Å². The van der Waals surface area contributed by atoms with Crippen molar-refractivity contribution in [1.82, 2.24) is 9.97 Å². The molecule has 0 unspecified atom stereocenters. The molecule has 1 aromatic rings. The third-order valence-electron chi connectivity index (χ3n) is 9.87. The van der Waals surface area contributed by atoms with Crippen LogP contribution in [0, 0.1) is 52.3 Å². The van der Waals surface area contributed by atoms with E-state index < -0.39 is 5.60 Å². The summed E-state index contributed by atoms with van der Waals surface area (Å²) < 4.78 is 5.32. The normalized spacial score (nSPS) is 41.9. The molecule has 0 aromatic carbocycles. The first-order valence-corrected chi connectivity index (χ1v) is 12.6. The van der Waals surface area contributed by atoms with Gasteiger partial charge in [-0.05, 0) is 92.8 Å². The molecule has 1 heterocycles. The molecule has 7 nitrogen and oxygen atoms in total. The zero-order valence-corrected chi connectivity index (χ0v) is 19.8. The van der Waals surface area contributed by atoms with Crippen molar-refractivity contribution in [3.8, 4) is 6.07 Å². The van der Waals surface area contributed by atoms with Crippen LogP contribution in [0.25, 0.3) is 0 Å². The molecule has 8 atom stereocenters. The molecule has 0 bridgehead atoms. The first-order chi connectivity index (χ1) is 15.9. The smallest absolute Gasteiger partial charge is 0.229 e. The summed E-state index contributed by atoms with van der Waals surface area (Å²) in [5, 5.41) is 23.0. The Morgan fingerprint density at radius 3 is 2.79 bits per heavy atom. The molecule has 1 amide bonds. The van der Waals surface area contributed by atoms with Crippen LogP contribution in [-0.4, -0.2) is 40.3 Å². The van der Waals surface area contributed by atoms with Crippen LogP contribution in [0.2, 0.25) is 0 Å². The maximum absolute atomic E-state index is 13.3. The number of amides is 1. The van der Waals surface area contributed by atoms with E-state index in [0.717, 1.165) is 44.4 Å². The molecule has 4 fully saturated rings. The summed E-state index contributed by atoms with van der Waals surface area (Å²) in [4.78, 5) is 21.3. The highest BCUT2D eigenvalue weighted by molar-refractivity contribution is 5.92. The standard InChI is InChI=1S/C26H36N4O3/c1-25-9-7-19-18-8-10-26(32,14-33-2)12-16(18)3-4-20(19)21(25)5-6-22(25)24(31)30-23-11-17(13-27)28-15-29-23/h11,15-16,18-22,32H,3-10,12,14H2,1-2H3,(H,28,29,30,31)/t16-,18+,19-,20-,21+,22-,25+,26-/m1/s1. The summed E-state index contributed by atoms with van der Waals surface area (Å²) in [6.45, 7) is 2.79. The summed E-state index contributed by atoms with van der Waals surface area (Å²) in [7, 11) is 1.68. The molecule has 4 saturated carbocycles. The number of fused-ring (bicyclic) bond motifs is 5. The van der Waals surface area contributed by atoms with Gasteiger partial charge in [-0.3, -0.25) is 4.79 Å². The van der Waals surface area contributed by atoms with E-state index in [0.29, 0.717) is 36.1 Å². The number of hydrogen-bond acceptors (Lipinski definition) is 6. The Morgan fingerprint density at radius 2 is 2.00 bits per heavy atom. The van der Waals surface area contributed by atoms with Crippen molar-refractivity contribution in [2.75, 3.05) is 19.0 Å². The molecule has 1 aromatic heterocycles. The van der Waals surface area contributed by atoms with Gasteiger partial charge in [-0.1, -0.05) is 6.92 Å². The maximum atomic E-state index is 13.3. The van der Waals surface area contributed by atoms with E-state index in [9.17, 15) is 9.90 Å². The highest BCUT2D eigenvalue weighted by atomic mass is 16.5. The molecular formula is C26H36N4O3. The quantitative estimate of drug-likeness (QED) is 0.716. The summed E-state index contributed by atoms with van der Waals surface area (Å²) in [6.07, 6.45) is 10.9. The number of hydrogen-bond donors (Lipinski definition) is 2. The van der Waals surface area contributed by atoms with Gasteiger partial charge in [-0.15, -0.1) is 0 Å². The van der Waals surface area contributed by atoms with Crippen molar-refractivity contribution in [2.45, 2.75) is 70.3 Å². The lowest BCUT2D eigenvalue weighted by Crippen LogP contribution is -2.52. The number of nitriles is 1. The first kappa shape index (κ1) is 22.7. The number of methoxy groups -OCH3 is 1. The lowest BCUT2D eigenvalue weighted by atomic mass is 9.49. The van der Waals surface area contributed by atoms with Gasteiger partial charge in [0.25, 0.3) is 0 Å². The SMILES string of the molecule is COC[C@@]1(O)CC[C@H]2[C@H](CC[C@@H]3[C@@H]2CC[C@]2(C)[C@@H](C(=O)Nc4cc(C#N)ncn4)CC[C@@H]32)C1. The number of carbonyl (C=O) groups is 1. The average molecular weight is 453 g/mol. The van der Waals surface area contributed by atoms with Crippen molar-refractivity contribution in [3.05, 3.63) is 18.1 Å². The van der Waals surface area contributed by atoms with Crippen LogP contribution in [0.5, 0.6) is 0 Å². The zero-order chi connectivity index (χ0) is 23.2. The van der Waals surface area contributed by atoms with E-state index in [-0.39, 0.29) is 22.9 Å². The van der Waals surface area contributed by atoms with Crippen molar-refractivity contribution < 1.29 is 14.6 Å². The lowest BCUT2D eigenvalue weighted by Gasteiger charge is -2.57. The average Bonchev–Trinajstić information content (AvgIpc) is 3.16. The van der Waals surface area contributed by atoms with Crippen molar-refractivity contribution in [2.24, 2.45) is 40.9 Å². The summed E-state index contributed by atoms with van der Waals surface area (Å²) in [6, 6.07) is 3.54. The van der Waals surface area contributed by atoms with Gasteiger partial charge in [0.2, 0.25) is 5.91 Å². The third-order valence-corrected chi connectivity index (χ3v) is 9.87. The Bertz CT molecular complexity index is 948. The van der Waals surface area contributed by atoms with Crippen LogP contribution in [0.4, 0.5) is 5.82 Å². The largest absolute Gasteiger partial charge is 0.387 e. The van der Waals surface area contributed by atoms with Gasteiger partial charge >= 0.3 is 0 Å². The minimum Gasteiger partial charge on any atom is -0.387 e. The molecule has 5 rings (SSSR count). The van der Waals surface area contributed by atoms with E-state index in [1.165, 1.54) is 25.6 Å². The molecule has 4 aliphatic rings. The van der Waals surface area contributed by atoms with Gasteiger partial charge in [0.1, 0.15) is 23.9 Å². The molecule has 2 N–H and O–H groups in total. The van der Waals surface area contributed by atoms with Gasteiger partial charge < -0.3 is 15.2 Å². The van der Waals surface area contributed by atoms with Crippen LogP contribution in [-0.2, 0) is 9.53 Å². The Kier molecular flexibility index (Phi) is 5.95. The second kappa shape index (κ2) is 8.63. The maximum Gasteiger partial charge on any atom is 0.229 e. The molecule has 33 heavy (non-hydrogen) atoms. The highest BCUT2D eigenvalue weighted by Gasteiger charge is 2.59. The fourth-order valence-corrected chi connectivity index (χ4v) is 8.49. The number of aliphatic hydroxyl groups is 1. The van der Waals surface area contributed by atoms with E-state index in [1.807, 2.05) is 6.07 Å². The van der Waals surface area contributed by atoms with Gasteiger partial charge in [0, 0.05) is 19.1 Å². The zero-order valence-electron chi connectivity index (χ0n) is 19.8. The predicted molar refractivity (Wildman–Crippen MR) is 123 cm³/mol. The first-order valence-electron chi connectivity index (χ1n) is 12.6. The molecule has 178 valence electrons. The third kappa shape index (κ3) is 3.95. The van der Waals surface area contributed by atoms with E-state index >= 15 is 0 Å². The fraction of sp³-hybridized carbons (Fsp3) is 0.769. The second-order valence-electron chi connectivity index (χ2n) is 11.4.